The van der Waals surface area contributed by atoms with Crippen molar-refractivity contribution in [3.63, 3.8) is 0 Å². The summed E-state index contributed by atoms with van der Waals surface area (Å²) in [5.74, 6) is 0.455. The van der Waals surface area contributed by atoms with E-state index in [0.717, 1.165) is 5.69 Å². The fourth-order valence-electron chi connectivity index (χ4n) is 2.11. The largest absolute Gasteiger partial charge is 0.493 e. The van der Waals surface area contributed by atoms with Gasteiger partial charge in [0.05, 0.1) is 14.2 Å². The van der Waals surface area contributed by atoms with Gasteiger partial charge in [-0.2, -0.15) is 5.26 Å². The van der Waals surface area contributed by atoms with Crippen molar-refractivity contribution >= 4 is 35.0 Å². The van der Waals surface area contributed by atoms with Crippen LogP contribution in [0, 0.1) is 11.3 Å². The average Bonchev–Trinajstić information content (AvgIpc) is 2.66. The first kappa shape index (κ1) is 19.0. The third kappa shape index (κ3) is 5.06. The molecule has 6 nitrogen and oxygen atoms in total. The molecule has 1 amide bonds. The van der Waals surface area contributed by atoms with Gasteiger partial charge >= 0.3 is 0 Å². The second-order valence-corrected chi connectivity index (χ2v) is 5.47. The Morgan fingerprint density at radius 1 is 1.12 bits per heavy atom. The quantitative estimate of drug-likeness (QED) is 0.480. The lowest BCUT2D eigenvalue weighted by atomic mass is 10.1. The van der Waals surface area contributed by atoms with Crippen LogP contribution in [-0.2, 0) is 4.79 Å². The maximum absolute atomic E-state index is 12.3. The van der Waals surface area contributed by atoms with Gasteiger partial charge in [0.1, 0.15) is 11.6 Å². The van der Waals surface area contributed by atoms with E-state index < -0.39 is 5.91 Å². The molecule has 7 heteroatoms. The third-order valence-corrected chi connectivity index (χ3v) is 3.55. The van der Waals surface area contributed by atoms with E-state index in [0.29, 0.717) is 17.1 Å². The number of carbonyl (C=O) groups is 1. The van der Waals surface area contributed by atoms with E-state index >= 15 is 0 Å². The molecule has 0 aliphatic carbocycles. The second-order valence-electron chi connectivity index (χ2n) is 5.06. The minimum atomic E-state index is -0.601. The fraction of sp³-hybridized carbons (Fsp3) is 0.105. The molecule has 2 aromatic carbocycles. The molecule has 0 atom stereocenters. The van der Waals surface area contributed by atoms with E-state index in [1.165, 1.54) is 20.3 Å². The summed E-state index contributed by atoms with van der Waals surface area (Å²) in [5, 5.41) is 14.8. The lowest BCUT2D eigenvalue weighted by Crippen LogP contribution is -2.34. The smallest absolute Gasteiger partial charge is 0.268 e. The van der Waals surface area contributed by atoms with Crippen molar-refractivity contribution < 1.29 is 14.3 Å². The number of hydrogen-bond donors (Lipinski definition) is 2. The van der Waals surface area contributed by atoms with E-state index in [1.807, 2.05) is 36.4 Å². The topological polar surface area (TPSA) is 83.4 Å². The van der Waals surface area contributed by atoms with E-state index in [1.54, 1.807) is 18.2 Å². The van der Waals surface area contributed by atoms with Gasteiger partial charge in [0.25, 0.3) is 5.91 Å². The molecule has 0 fully saturated rings. The highest BCUT2D eigenvalue weighted by atomic mass is 32.1. The van der Waals surface area contributed by atoms with Crippen molar-refractivity contribution in [1.82, 2.24) is 5.32 Å². The highest BCUT2D eigenvalue weighted by Gasteiger charge is 2.12. The number of para-hydroxylation sites is 1. The number of benzene rings is 2. The van der Waals surface area contributed by atoms with Crippen LogP contribution in [-0.4, -0.2) is 25.2 Å². The standard InChI is InChI=1S/C19H17N3O3S/c1-24-16-9-8-13(11-17(16)25-2)10-14(12-20)18(23)22-19(26)21-15-6-4-3-5-7-15/h3-11H,1-2H3,(H2,21,22,23,26)/b14-10+. The lowest BCUT2D eigenvalue weighted by molar-refractivity contribution is -0.115. The molecule has 0 radical (unpaired) electrons. The number of rotatable bonds is 5. The van der Waals surface area contributed by atoms with Crippen LogP contribution in [0.5, 0.6) is 11.5 Å². The Bertz CT molecular complexity index is 873. The lowest BCUT2D eigenvalue weighted by Gasteiger charge is -2.09. The van der Waals surface area contributed by atoms with Gasteiger partial charge in [0, 0.05) is 5.69 Å². The molecule has 0 unspecified atom stereocenters. The summed E-state index contributed by atoms with van der Waals surface area (Å²) in [6.07, 6.45) is 1.45. The van der Waals surface area contributed by atoms with Crippen LogP contribution in [0.2, 0.25) is 0 Å². The molecular formula is C19H17N3O3S. The summed E-state index contributed by atoms with van der Waals surface area (Å²) in [6.45, 7) is 0. The van der Waals surface area contributed by atoms with Gasteiger partial charge in [0.2, 0.25) is 0 Å². The predicted molar refractivity (Wildman–Crippen MR) is 104 cm³/mol. The van der Waals surface area contributed by atoms with Crippen LogP contribution in [0.25, 0.3) is 6.08 Å². The highest BCUT2D eigenvalue weighted by Crippen LogP contribution is 2.28. The van der Waals surface area contributed by atoms with E-state index in [-0.39, 0.29) is 10.7 Å². The van der Waals surface area contributed by atoms with Gasteiger partial charge in [-0.15, -0.1) is 0 Å². The van der Waals surface area contributed by atoms with Gasteiger partial charge in [-0.05, 0) is 48.1 Å². The number of thiocarbonyl (C=S) groups is 1. The number of carbonyl (C=O) groups excluding carboxylic acids is 1. The van der Waals surface area contributed by atoms with Crippen LogP contribution in [0.1, 0.15) is 5.56 Å². The van der Waals surface area contributed by atoms with Crippen LogP contribution in [0.15, 0.2) is 54.1 Å². The number of nitriles is 1. The van der Waals surface area contributed by atoms with Crippen molar-refractivity contribution in [3.8, 4) is 17.6 Å². The predicted octanol–water partition coefficient (Wildman–Crippen LogP) is 3.12. The zero-order valence-electron chi connectivity index (χ0n) is 14.3. The van der Waals surface area contributed by atoms with Gasteiger partial charge in [-0.3, -0.25) is 10.1 Å². The number of hydrogen-bond acceptors (Lipinski definition) is 5. The monoisotopic (exact) mass is 367 g/mol. The molecule has 0 aromatic heterocycles. The molecule has 0 saturated carbocycles. The molecule has 132 valence electrons. The van der Waals surface area contributed by atoms with Gasteiger partial charge in [-0.1, -0.05) is 24.3 Å². The first-order valence-corrected chi connectivity index (χ1v) is 7.99. The molecule has 0 heterocycles. The number of nitrogens with one attached hydrogen (secondary N) is 2. The van der Waals surface area contributed by atoms with E-state index in [9.17, 15) is 10.1 Å². The van der Waals surface area contributed by atoms with Crippen LogP contribution >= 0.6 is 12.2 Å². The number of ether oxygens (including phenoxy) is 2. The highest BCUT2D eigenvalue weighted by molar-refractivity contribution is 7.80. The summed E-state index contributed by atoms with van der Waals surface area (Å²) in [6, 6.07) is 16.1. The fourth-order valence-corrected chi connectivity index (χ4v) is 2.32. The Labute approximate surface area is 157 Å². The summed E-state index contributed by atoms with van der Waals surface area (Å²) >= 11 is 5.10. The molecule has 2 N–H and O–H groups in total. The SMILES string of the molecule is COc1ccc(/C=C(\C#N)C(=O)NC(=S)Nc2ccccc2)cc1OC. The summed E-state index contributed by atoms with van der Waals surface area (Å²) in [4.78, 5) is 12.3. The van der Waals surface area contributed by atoms with Gasteiger partial charge < -0.3 is 14.8 Å². The molecule has 0 saturated heterocycles. The Hall–Kier alpha value is -3.37. The number of anilines is 1. The van der Waals surface area contributed by atoms with Gasteiger partial charge in [-0.25, -0.2) is 0 Å². The first-order chi connectivity index (χ1) is 12.6. The number of nitrogens with zero attached hydrogens (tertiary/aromatic N) is 1. The zero-order chi connectivity index (χ0) is 18.9. The normalized spacial score (nSPS) is 10.4. The van der Waals surface area contributed by atoms with E-state index in [2.05, 4.69) is 10.6 Å². The Balaban J connectivity index is 2.12. The Morgan fingerprint density at radius 3 is 2.42 bits per heavy atom. The van der Waals surface area contributed by atoms with Crippen molar-refractivity contribution in [1.29, 1.82) is 5.26 Å². The Morgan fingerprint density at radius 2 is 1.81 bits per heavy atom. The summed E-state index contributed by atoms with van der Waals surface area (Å²) < 4.78 is 10.4. The van der Waals surface area contributed by atoms with Crippen LogP contribution < -0.4 is 20.1 Å². The van der Waals surface area contributed by atoms with Crippen LogP contribution in [0.3, 0.4) is 0 Å². The maximum atomic E-state index is 12.3. The first-order valence-electron chi connectivity index (χ1n) is 7.58. The minimum Gasteiger partial charge on any atom is -0.493 e. The number of methoxy groups -OCH3 is 2. The molecule has 2 rings (SSSR count). The van der Waals surface area contributed by atoms with Crippen molar-refractivity contribution in [3.05, 3.63) is 59.7 Å². The Kier molecular flexibility index (Phi) is 6.71. The molecule has 0 aliphatic heterocycles. The molecular weight excluding hydrogens is 350 g/mol. The average molecular weight is 367 g/mol. The van der Waals surface area contributed by atoms with Gasteiger partial charge in [0.15, 0.2) is 16.6 Å². The van der Waals surface area contributed by atoms with Crippen LogP contribution in [0.4, 0.5) is 5.69 Å². The zero-order valence-corrected chi connectivity index (χ0v) is 15.1. The third-order valence-electron chi connectivity index (χ3n) is 3.34. The molecule has 0 aliphatic rings. The molecule has 0 spiro atoms. The molecule has 26 heavy (non-hydrogen) atoms. The summed E-state index contributed by atoms with van der Waals surface area (Å²) in [5.41, 5.74) is 1.27. The van der Waals surface area contributed by atoms with Crippen molar-refractivity contribution in [2.75, 3.05) is 19.5 Å². The summed E-state index contributed by atoms with van der Waals surface area (Å²) in [7, 11) is 3.04. The van der Waals surface area contributed by atoms with Crippen molar-refractivity contribution in [2.45, 2.75) is 0 Å². The van der Waals surface area contributed by atoms with Crippen molar-refractivity contribution in [2.24, 2.45) is 0 Å². The maximum Gasteiger partial charge on any atom is 0.268 e. The minimum absolute atomic E-state index is 0.0885. The second kappa shape index (κ2) is 9.20. The van der Waals surface area contributed by atoms with E-state index in [4.69, 9.17) is 21.7 Å². The number of amides is 1. The molecule has 2 aromatic rings. The molecule has 0 bridgehead atoms.